The lowest BCUT2D eigenvalue weighted by Gasteiger charge is -2.38. The minimum absolute atomic E-state index is 0.0944. The number of fused-ring (bicyclic) bond motifs is 3. The number of hydrogen-bond acceptors (Lipinski definition) is 7. The van der Waals surface area contributed by atoms with Gasteiger partial charge in [0.1, 0.15) is 35.7 Å². The fourth-order valence-electron chi connectivity index (χ4n) is 6.88. The number of aliphatic hydroxyl groups is 1. The third-order valence-electron chi connectivity index (χ3n) is 8.91. The van der Waals surface area contributed by atoms with Crippen molar-refractivity contribution in [2.45, 2.75) is 68.8 Å². The summed E-state index contributed by atoms with van der Waals surface area (Å²) >= 11 is 0. The van der Waals surface area contributed by atoms with Gasteiger partial charge in [0.05, 0.1) is 17.6 Å². The predicted octanol–water partition coefficient (Wildman–Crippen LogP) is 3.79. The van der Waals surface area contributed by atoms with Crippen molar-refractivity contribution >= 4 is 16.9 Å². The lowest BCUT2D eigenvalue weighted by atomic mass is 9.79. The van der Waals surface area contributed by atoms with Crippen molar-refractivity contribution in [3.8, 4) is 16.9 Å². The second-order valence-electron chi connectivity index (χ2n) is 11.4. The third kappa shape index (κ3) is 3.96. The van der Waals surface area contributed by atoms with E-state index in [9.17, 15) is 5.11 Å². The van der Waals surface area contributed by atoms with Crippen molar-refractivity contribution in [3.63, 3.8) is 0 Å². The molecule has 0 spiro atoms. The maximum Gasteiger partial charge on any atom is 0.146 e. The number of ether oxygens (including phenoxy) is 2. The number of β-amino-alcohol motifs (C(OH)–C–C–N with tert-alkyl or cyclic N) is 1. The smallest absolute Gasteiger partial charge is 0.146 e. The maximum absolute atomic E-state index is 9.84. The minimum Gasteiger partial charge on any atom is -0.491 e. The summed E-state index contributed by atoms with van der Waals surface area (Å²) in [4.78, 5) is 11.4. The first-order chi connectivity index (χ1) is 17.6. The Balaban J connectivity index is 1.12. The average Bonchev–Trinajstić information content (AvgIpc) is 3.64. The lowest BCUT2D eigenvalue weighted by Crippen LogP contribution is -2.36. The molecule has 4 fully saturated rings. The summed E-state index contributed by atoms with van der Waals surface area (Å²) < 4.78 is 14.8. The molecule has 1 aromatic carbocycles. The van der Waals surface area contributed by atoms with Crippen LogP contribution in [0.15, 0.2) is 36.8 Å². The Bertz CT molecular complexity index is 1260. The van der Waals surface area contributed by atoms with Crippen LogP contribution in [0.3, 0.4) is 0 Å². The van der Waals surface area contributed by atoms with E-state index < -0.39 is 0 Å². The van der Waals surface area contributed by atoms with E-state index in [-0.39, 0.29) is 11.7 Å². The van der Waals surface area contributed by atoms with Gasteiger partial charge in [-0.1, -0.05) is 12.1 Å². The molecule has 190 valence electrons. The van der Waals surface area contributed by atoms with E-state index in [1.54, 1.807) is 6.33 Å². The molecule has 3 saturated heterocycles. The summed E-state index contributed by atoms with van der Waals surface area (Å²) in [6, 6.07) is 8.68. The van der Waals surface area contributed by atoms with E-state index in [1.165, 1.54) is 0 Å². The zero-order valence-corrected chi connectivity index (χ0v) is 20.7. The van der Waals surface area contributed by atoms with Crippen molar-refractivity contribution in [2.24, 2.45) is 5.92 Å². The first-order valence-electron chi connectivity index (χ1n) is 13.5. The van der Waals surface area contributed by atoms with Crippen molar-refractivity contribution in [2.75, 3.05) is 32.0 Å². The quantitative estimate of drug-likeness (QED) is 0.521. The number of likely N-dealkylation sites (tertiary alicyclic amines) is 1. The first-order valence-corrected chi connectivity index (χ1v) is 13.5. The molecule has 8 heteroatoms. The summed E-state index contributed by atoms with van der Waals surface area (Å²) in [7, 11) is 0. The maximum atomic E-state index is 9.84. The molecule has 3 N–H and O–H groups in total. The van der Waals surface area contributed by atoms with Gasteiger partial charge in [0.15, 0.2) is 0 Å². The Kier molecular flexibility index (Phi) is 5.45. The van der Waals surface area contributed by atoms with Gasteiger partial charge in [-0.15, -0.1) is 0 Å². The van der Waals surface area contributed by atoms with Crippen LogP contribution in [0.5, 0.6) is 5.75 Å². The number of nitrogens with zero attached hydrogens (tertiary/aromatic N) is 4. The molecule has 0 radical (unpaired) electrons. The monoisotopic (exact) mass is 489 g/mol. The molecule has 1 unspecified atom stereocenters. The molecule has 1 atom stereocenters. The Morgan fingerprint density at radius 3 is 2.78 bits per heavy atom. The van der Waals surface area contributed by atoms with Gasteiger partial charge in [-0.3, -0.25) is 0 Å². The zero-order chi connectivity index (χ0) is 24.3. The molecular formula is C28H35N5O3. The van der Waals surface area contributed by atoms with Gasteiger partial charge in [0, 0.05) is 37.4 Å². The number of rotatable bonds is 7. The van der Waals surface area contributed by atoms with Gasteiger partial charge in [-0.25, -0.2) is 9.97 Å². The standard InChI is InChI=1S/C28H35N5O3/c29-26-25-24(19-2-1-3-23(12-19)35-16-28-7-4-22(36-28)5-8-28)15-33(27(25)31-17-30-26)20-10-18(11-20)13-32-9-6-21(34)14-32/h1-3,12,15,17-18,20-22,34H,4-11,13-14,16H2,(H2,29,30,31). The Labute approximate surface area is 211 Å². The average molecular weight is 490 g/mol. The van der Waals surface area contributed by atoms with Gasteiger partial charge in [-0.2, -0.15) is 0 Å². The van der Waals surface area contributed by atoms with E-state index >= 15 is 0 Å². The number of aromatic nitrogens is 3. The third-order valence-corrected chi connectivity index (χ3v) is 8.91. The summed E-state index contributed by atoms with van der Waals surface area (Å²) in [6.45, 7) is 3.50. The normalized spacial score (nSPS) is 31.8. The Morgan fingerprint density at radius 1 is 1.17 bits per heavy atom. The number of benzene rings is 1. The topological polar surface area (TPSA) is 98.7 Å². The van der Waals surface area contributed by atoms with Crippen LogP contribution in [0, 0.1) is 5.92 Å². The Morgan fingerprint density at radius 2 is 2.03 bits per heavy atom. The summed E-state index contributed by atoms with van der Waals surface area (Å²) in [5.41, 5.74) is 9.32. The highest BCUT2D eigenvalue weighted by molar-refractivity contribution is 6.00. The molecule has 5 heterocycles. The number of aliphatic hydroxyl groups excluding tert-OH is 1. The second kappa shape index (κ2) is 8.71. The van der Waals surface area contributed by atoms with Crippen LogP contribution in [0.25, 0.3) is 22.2 Å². The molecule has 2 bridgehead atoms. The summed E-state index contributed by atoms with van der Waals surface area (Å²) in [5.74, 6) is 2.02. The molecule has 7 rings (SSSR count). The molecule has 0 amide bonds. The highest BCUT2D eigenvalue weighted by Gasteiger charge is 2.46. The van der Waals surface area contributed by atoms with E-state index in [1.807, 2.05) is 12.1 Å². The molecule has 1 aliphatic carbocycles. The molecule has 4 aliphatic rings. The fourth-order valence-corrected chi connectivity index (χ4v) is 6.88. The van der Waals surface area contributed by atoms with E-state index in [2.05, 4.69) is 37.8 Å². The summed E-state index contributed by atoms with van der Waals surface area (Å²) in [5, 5.41) is 10.8. The Hall–Kier alpha value is -2.68. The van der Waals surface area contributed by atoms with Gasteiger partial charge >= 0.3 is 0 Å². The second-order valence-corrected chi connectivity index (χ2v) is 11.4. The molecule has 8 nitrogen and oxygen atoms in total. The van der Waals surface area contributed by atoms with E-state index in [0.29, 0.717) is 30.5 Å². The molecule has 2 aromatic heterocycles. The van der Waals surface area contributed by atoms with Gasteiger partial charge < -0.3 is 29.8 Å². The largest absolute Gasteiger partial charge is 0.491 e. The van der Waals surface area contributed by atoms with Crippen molar-refractivity contribution in [1.82, 2.24) is 19.4 Å². The van der Waals surface area contributed by atoms with Crippen LogP contribution in [-0.2, 0) is 4.74 Å². The minimum atomic E-state index is -0.156. The van der Waals surface area contributed by atoms with Crippen LogP contribution in [-0.4, -0.2) is 68.6 Å². The van der Waals surface area contributed by atoms with Crippen molar-refractivity contribution in [1.29, 1.82) is 0 Å². The number of nitrogen functional groups attached to an aromatic ring is 1. The predicted molar refractivity (Wildman–Crippen MR) is 138 cm³/mol. The molecule has 1 saturated carbocycles. The number of nitrogens with two attached hydrogens (primary N) is 1. The van der Waals surface area contributed by atoms with E-state index in [0.717, 1.165) is 92.5 Å². The van der Waals surface area contributed by atoms with Crippen molar-refractivity contribution < 1.29 is 14.6 Å². The van der Waals surface area contributed by atoms with Crippen LogP contribution in [0.1, 0.15) is 51.0 Å². The van der Waals surface area contributed by atoms with Crippen LogP contribution in [0.4, 0.5) is 5.82 Å². The lowest BCUT2D eigenvalue weighted by molar-refractivity contribution is -0.0198. The van der Waals surface area contributed by atoms with Gasteiger partial charge in [0.25, 0.3) is 0 Å². The number of hydrogen-bond donors (Lipinski definition) is 2. The van der Waals surface area contributed by atoms with Gasteiger partial charge in [-0.05, 0) is 68.6 Å². The van der Waals surface area contributed by atoms with Crippen molar-refractivity contribution in [3.05, 3.63) is 36.8 Å². The highest BCUT2D eigenvalue weighted by Crippen LogP contribution is 2.45. The van der Waals surface area contributed by atoms with Crippen LogP contribution >= 0.6 is 0 Å². The van der Waals surface area contributed by atoms with Crippen LogP contribution in [0.2, 0.25) is 0 Å². The molecule has 3 aromatic rings. The molecule has 3 aliphatic heterocycles. The molecule has 36 heavy (non-hydrogen) atoms. The number of anilines is 1. The molecular weight excluding hydrogens is 454 g/mol. The summed E-state index contributed by atoms with van der Waals surface area (Å²) in [6.07, 6.45) is 11.7. The van der Waals surface area contributed by atoms with E-state index in [4.69, 9.17) is 15.2 Å². The van der Waals surface area contributed by atoms with Crippen LogP contribution < -0.4 is 10.5 Å². The fraction of sp³-hybridized carbons (Fsp3) is 0.571. The first kappa shape index (κ1) is 22.5. The van der Waals surface area contributed by atoms with Gasteiger partial charge in [0.2, 0.25) is 0 Å². The SMILES string of the molecule is Nc1ncnc2c1c(-c1cccc(OCC34CCC(CC3)O4)c1)cn2C1CC(CN2CCC(O)C2)C1. The highest BCUT2D eigenvalue weighted by atomic mass is 16.6. The zero-order valence-electron chi connectivity index (χ0n) is 20.7.